The fourth-order valence-corrected chi connectivity index (χ4v) is 16.2. The van der Waals surface area contributed by atoms with Crippen LogP contribution >= 0.6 is 68.8 Å². The molecule has 0 saturated heterocycles. The van der Waals surface area contributed by atoms with E-state index in [-0.39, 0.29) is 11.1 Å². The normalized spacial score (nSPS) is 12.7. The summed E-state index contributed by atoms with van der Waals surface area (Å²) in [5.41, 5.74) is 7.18. The van der Waals surface area contributed by atoms with Gasteiger partial charge in [-0.25, -0.2) is 8.78 Å². The number of thiophene rings is 4. The molecule has 2 atom stereocenters. The standard InChI is InChI=1S/C62H80F2N4O2S6/c1-9-15-21-23-27-41(25-17-11-3)35-43-37-48(72-40(43)8)50-54(63)55(64)51(57-56(50)65-75-66-57)49-38-44(36-42(26-18-12-4)28-24-22-16-10-2)62(74-49)47-32-31-46(73-47)53-59-58(67-76-68-59)52(45-30-29-39(7)71-45)60(69-33-19-13-5)61(53)70-34-20-14-6/h29-32,37-38,41-42H,9-28,33-36H2,1-8H3. The number of fused-ring (bicyclic) bond motifs is 2. The lowest BCUT2D eigenvalue weighted by molar-refractivity contribution is 0.264. The monoisotopic (exact) mass is 1140 g/mol. The Morgan fingerprint density at radius 2 is 0.868 bits per heavy atom. The van der Waals surface area contributed by atoms with Crippen LogP contribution in [-0.2, 0) is 12.8 Å². The molecule has 8 rings (SSSR count). The van der Waals surface area contributed by atoms with Gasteiger partial charge in [-0.3, -0.25) is 0 Å². The van der Waals surface area contributed by atoms with Crippen molar-refractivity contribution in [3.63, 3.8) is 0 Å². The number of hydrogen-bond donors (Lipinski definition) is 0. The topological polar surface area (TPSA) is 70.0 Å². The lowest BCUT2D eigenvalue weighted by atomic mass is 9.89. The maximum Gasteiger partial charge on any atom is 0.172 e. The van der Waals surface area contributed by atoms with E-state index in [2.05, 4.69) is 91.8 Å². The fraction of sp³-hybridized carbons (Fsp3) is 0.548. The van der Waals surface area contributed by atoms with Gasteiger partial charge in [0.15, 0.2) is 23.1 Å². The van der Waals surface area contributed by atoms with Crippen LogP contribution in [0.25, 0.3) is 73.6 Å². The zero-order valence-corrected chi connectivity index (χ0v) is 51.3. The molecule has 0 N–H and O–H groups in total. The predicted molar refractivity (Wildman–Crippen MR) is 328 cm³/mol. The van der Waals surface area contributed by atoms with E-state index in [0.29, 0.717) is 46.7 Å². The quantitative estimate of drug-likeness (QED) is 0.0382. The number of ether oxygens (including phenoxy) is 2. The molecule has 0 aliphatic heterocycles. The molecular weight excluding hydrogens is 1060 g/mol. The number of hydrogen-bond acceptors (Lipinski definition) is 12. The van der Waals surface area contributed by atoms with Gasteiger partial charge >= 0.3 is 0 Å². The number of rotatable bonds is 33. The minimum atomic E-state index is -0.850. The predicted octanol–water partition coefficient (Wildman–Crippen LogP) is 22.2. The largest absolute Gasteiger partial charge is 0.489 e. The molecule has 410 valence electrons. The van der Waals surface area contributed by atoms with Crippen LogP contribution in [0.5, 0.6) is 11.5 Å². The van der Waals surface area contributed by atoms with Gasteiger partial charge in [0.1, 0.15) is 22.1 Å². The summed E-state index contributed by atoms with van der Waals surface area (Å²) >= 11 is 8.79. The molecular formula is C62H80F2N4O2S6. The third-order valence-corrected chi connectivity index (χ3v) is 20.6. The van der Waals surface area contributed by atoms with Crippen LogP contribution in [0, 0.1) is 37.3 Å². The summed E-state index contributed by atoms with van der Waals surface area (Å²) in [6.45, 7) is 18.8. The first-order valence-corrected chi connectivity index (χ1v) is 33.5. The lowest BCUT2D eigenvalue weighted by Crippen LogP contribution is -2.05. The Balaban J connectivity index is 1.24. The van der Waals surface area contributed by atoms with Crippen molar-refractivity contribution in [1.29, 1.82) is 0 Å². The van der Waals surface area contributed by atoms with Crippen molar-refractivity contribution in [1.82, 2.24) is 17.5 Å². The van der Waals surface area contributed by atoms with Gasteiger partial charge in [0, 0.05) is 39.0 Å². The molecule has 0 aliphatic rings. The van der Waals surface area contributed by atoms with Crippen LogP contribution in [0.3, 0.4) is 0 Å². The Hall–Kier alpha value is -3.66. The second kappa shape index (κ2) is 29.0. The number of aromatic nitrogens is 4. The van der Waals surface area contributed by atoms with Gasteiger partial charge in [-0.1, -0.05) is 157 Å². The van der Waals surface area contributed by atoms with E-state index in [1.807, 2.05) is 0 Å². The van der Waals surface area contributed by atoms with Crippen molar-refractivity contribution in [2.24, 2.45) is 11.8 Å². The van der Waals surface area contributed by atoms with E-state index in [9.17, 15) is 0 Å². The SMILES string of the molecule is CCCCCCC(CCCC)Cc1cc(-c2c(F)c(F)c(-c3cc(CC(CCCC)CCCCCC)c(-c4ccc(-c5c(OCCCC)c(OCCCC)c(-c6ccc(C)s6)c6nsnc56)s4)s3)c3nsnc23)sc1C. The second-order valence-corrected chi connectivity index (χ2v) is 26.7. The molecule has 2 unspecified atom stereocenters. The Morgan fingerprint density at radius 3 is 1.37 bits per heavy atom. The molecule has 0 aliphatic carbocycles. The van der Waals surface area contributed by atoms with Gasteiger partial charge in [-0.15, -0.1) is 45.3 Å². The van der Waals surface area contributed by atoms with Gasteiger partial charge in [-0.2, -0.15) is 17.5 Å². The summed E-state index contributed by atoms with van der Waals surface area (Å²) in [5, 5.41) is 0. The van der Waals surface area contributed by atoms with Crippen molar-refractivity contribution in [3.05, 3.63) is 68.9 Å². The molecule has 0 fully saturated rings. The molecule has 8 aromatic rings. The molecule has 6 nitrogen and oxygen atoms in total. The average Bonchev–Trinajstić information content (AvgIpc) is 4.32. The van der Waals surface area contributed by atoms with E-state index >= 15 is 8.78 Å². The van der Waals surface area contributed by atoms with E-state index in [1.54, 1.807) is 45.3 Å². The summed E-state index contributed by atoms with van der Waals surface area (Å²) in [7, 11) is 0. The van der Waals surface area contributed by atoms with Crippen LogP contribution < -0.4 is 9.47 Å². The Labute approximate surface area is 476 Å². The highest BCUT2D eigenvalue weighted by Crippen LogP contribution is 2.55. The zero-order chi connectivity index (χ0) is 53.6. The highest BCUT2D eigenvalue weighted by atomic mass is 32.1. The zero-order valence-electron chi connectivity index (χ0n) is 46.4. The van der Waals surface area contributed by atoms with Crippen LogP contribution in [0.2, 0.25) is 0 Å². The van der Waals surface area contributed by atoms with E-state index in [0.717, 1.165) is 128 Å². The van der Waals surface area contributed by atoms with Gasteiger partial charge in [0.2, 0.25) is 0 Å². The van der Waals surface area contributed by atoms with Crippen molar-refractivity contribution < 1.29 is 18.3 Å². The number of benzene rings is 2. The molecule has 0 amide bonds. The van der Waals surface area contributed by atoms with Gasteiger partial charge < -0.3 is 9.47 Å². The van der Waals surface area contributed by atoms with Crippen LogP contribution in [0.4, 0.5) is 8.78 Å². The third-order valence-electron chi connectivity index (χ3n) is 15.0. The van der Waals surface area contributed by atoms with Gasteiger partial charge in [-0.05, 0) is 98.9 Å². The van der Waals surface area contributed by atoms with E-state index < -0.39 is 11.6 Å². The van der Waals surface area contributed by atoms with Crippen LogP contribution in [0.1, 0.15) is 191 Å². The van der Waals surface area contributed by atoms with E-state index in [4.69, 9.17) is 27.0 Å². The second-order valence-electron chi connectivity index (χ2n) is 21.0. The first kappa shape index (κ1) is 58.5. The summed E-state index contributed by atoms with van der Waals surface area (Å²) in [5.74, 6) is 0.788. The summed E-state index contributed by atoms with van der Waals surface area (Å²) in [6.07, 6.45) is 24.8. The fourth-order valence-electron chi connectivity index (χ4n) is 10.7. The number of halogens is 2. The minimum Gasteiger partial charge on any atom is -0.489 e. The Morgan fingerprint density at radius 1 is 0.434 bits per heavy atom. The molecule has 0 radical (unpaired) electrons. The van der Waals surface area contributed by atoms with Crippen molar-refractivity contribution >= 4 is 90.9 Å². The molecule has 0 saturated carbocycles. The first-order valence-electron chi connectivity index (χ1n) is 28.7. The van der Waals surface area contributed by atoms with Gasteiger partial charge in [0.05, 0.1) is 58.9 Å². The third kappa shape index (κ3) is 13.8. The number of aryl methyl sites for hydroxylation is 2. The Kier molecular flexibility index (Phi) is 22.3. The van der Waals surface area contributed by atoms with Crippen LogP contribution in [-0.4, -0.2) is 30.7 Å². The van der Waals surface area contributed by atoms with Gasteiger partial charge in [0.25, 0.3) is 0 Å². The van der Waals surface area contributed by atoms with Crippen molar-refractivity contribution in [3.8, 4) is 63.0 Å². The first-order chi connectivity index (χ1) is 37.1. The number of unbranched alkanes of at least 4 members (excludes halogenated alkanes) is 10. The molecule has 6 aromatic heterocycles. The van der Waals surface area contributed by atoms with Crippen molar-refractivity contribution in [2.45, 2.75) is 197 Å². The molecule has 14 heteroatoms. The lowest BCUT2D eigenvalue weighted by Gasteiger charge is -2.20. The van der Waals surface area contributed by atoms with Crippen LogP contribution in [0.15, 0.2) is 36.4 Å². The average molecular weight is 1140 g/mol. The molecule has 0 bridgehead atoms. The van der Waals surface area contributed by atoms with E-state index in [1.165, 1.54) is 110 Å². The summed E-state index contributed by atoms with van der Waals surface area (Å²) in [4.78, 5) is 8.03. The highest BCUT2D eigenvalue weighted by molar-refractivity contribution is 7.25. The molecule has 0 spiro atoms. The number of nitrogens with zero attached hydrogens (tertiary/aromatic N) is 4. The van der Waals surface area contributed by atoms with Crippen molar-refractivity contribution in [2.75, 3.05) is 13.2 Å². The highest BCUT2D eigenvalue weighted by Gasteiger charge is 2.32. The summed E-state index contributed by atoms with van der Waals surface area (Å²) in [6, 6.07) is 13.0. The molecule has 2 aromatic carbocycles. The maximum atomic E-state index is 17.5. The maximum absolute atomic E-state index is 17.5. The summed E-state index contributed by atoms with van der Waals surface area (Å²) < 4.78 is 68.0. The minimum absolute atomic E-state index is 0.211. The smallest absolute Gasteiger partial charge is 0.172 e. The molecule has 76 heavy (non-hydrogen) atoms. The Bertz CT molecular complexity index is 3090. The molecule has 6 heterocycles.